The minimum atomic E-state index is -0.444. The van der Waals surface area contributed by atoms with Gasteiger partial charge in [0.05, 0.1) is 0 Å². The predicted molar refractivity (Wildman–Crippen MR) is 136 cm³/mol. The van der Waals surface area contributed by atoms with Crippen LogP contribution in [0.2, 0.25) is 10.0 Å². The Kier molecular flexibility index (Phi) is 6.55. The molecular weight excluding hydrogens is 453 g/mol. The van der Waals surface area contributed by atoms with E-state index in [1.165, 1.54) is 0 Å². The van der Waals surface area contributed by atoms with Crippen molar-refractivity contribution in [1.82, 2.24) is 4.57 Å². The molecule has 33 heavy (non-hydrogen) atoms. The Morgan fingerprint density at radius 2 is 1.79 bits per heavy atom. The molecule has 1 aromatic heterocycles. The lowest BCUT2D eigenvalue weighted by Gasteiger charge is -2.08. The van der Waals surface area contributed by atoms with Gasteiger partial charge in [-0.15, -0.1) is 0 Å². The molecular formula is C27H21Cl2N3O. The third kappa shape index (κ3) is 5.12. The second-order valence-electron chi connectivity index (χ2n) is 7.97. The molecule has 0 saturated carbocycles. The van der Waals surface area contributed by atoms with Crippen LogP contribution in [0.25, 0.3) is 17.0 Å². The number of amides is 1. The predicted octanol–water partition coefficient (Wildman–Crippen LogP) is 7.16. The van der Waals surface area contributed by atoms with Crippen LogP contribution in [0, 0.1) is 25.2 Å². The van der Waals surface area contributed by atoms with E-state index in [1.54, 1.807) is 18.2 Å². The van der Waals surface area contributed by atoms with Gasteiger partial charge in [-0.2, -0.15) is 5.26 Å². The Morgan fingerprint density at radius 3 is 2.48 bits per heavy atom. The Bertz CT molecular complexity index is 1420. The molecule has 0 aliphatic heterocycles. The molecule has 0 bridgehead atoms. The summed E-state index contributed by atoms with van der Waals surface area (Å²) in [4.78, 5) is 12.8. The number of aryl methyl sites for hydroxylation is 2. The van der Waals surface area contributed by atoms with E-state index in [0.29, 0.717) is 22.3 Å². The van der Waals surface area contributed by atoms with Crippen LogP contribution >= 0.6 is 23.2 Å². The molecule has 0 aliphatic rings. The number of nitrogens with one attached hydrogen (secondary N) is 1. The van der Waals surface area contributed by atoms with Gasteiger partial charge in [-0.25, -0.2) is 0 Å². The summed E-state index contributed by atoms with van der Waals surface area (Å²) in [7, 11) is 0. The largest absolute Gasteiger partial charge is 0.342 e. The highest BCUT2D eigenvalue weighted by Crippen LogP contribution is 2.27. The standard InChI is InChI=1S/C27H21Cl2N3O/c1-17-9-18(2)11-23(10-17)31-27(33)20(14-30)12-21-16-32(26-6-4-3-5-24(21)26)15-19-7-8-22(28)13-25(19)29/h3-13,16H,15H2,1-2H3,(H,31,33)/b20-12+. The van der Waals surface area contributed by atoms with Gasteiger partial charge in [0.15, 0.2) is 0 Å². The number of anilines is 1. The number of nitrogens with zero attached hydrogens (tertiary/aromatic N) is 2. The smallest absolute Gasteiger partial charge is 0.266 e. The summed E-state index contributed by atoms with van der Waals surface area (Å²) in [6.45, 7) is 4.46. The molecule has 1 amide bonds. The summed E-state index contributed by atoms with van der Waals surface area (Å²) in [5, 5.41) is 14.6. The molecule has 0 saturated heterocycles. The van der Waals surface area contributed by atoms with Crippen LogP contribution < -0.4 is 5.32 Å². The van der Waals surface area contributed by atoms with Crippen LogP contribution in [0.3, 0.4) is 0 Å². The minimum absolute atomic E-state index is 0.0292. The average molecular weight is 474 g/mol. The quantitative estimate of drug-likeness (QED) is 0.247. The maximum absolute atomic E-state index is 12.8. The van der Waals surface area contributed by atoms with Crippen molar-refractivity contribution in [2.75, 3.05) is 5.32 Å². The monoisotopic (exact) mass is 473 g/mol. The maximum Gasteiger partial charge on any atom is 0.266 e. The number of aromatic nitrogens is 1. The first-order valence-electron chi connectivity index (χ1n) is 10.4. The van der Waals surface area contributed by atoms with Crippen molar-refractivity contribution in [2.24, 2.45) is 0 Å². The molecule has 164 valence electrons. The number of benzene rings is 3. The third-order valence-electron chi connectivity index (χ3n) is 5.32. The summed E-state index contributed by atoms with van der Waals surface area (Å²) in [6.07, 6.45) is 3.55. The second-order valence-corrected chi connectivity index (χ2v) is 8.81. The van der Waals surface area contributed by atoms with E-state index in [1.807, 2.05) is 79.2 Å². The Balaban J connectivity index is 1.69. The van der Waals surface area contributed by atoms with Crippen molar-refractivity contribution in [3.63, 3.8) is 0 Å². The first kappa shape index (κ1) is 22.7. The maximum atomic E-state index is 12.8. The topological polar surface area (TPSA) is 57.8 Å². The highest BCUT2D eigenvalue weighted by atomic mass is 35.5. The number of hydrogen-bond acceptors (Lipinski definition) is 2. The lowest BCUT2D eigenvalue weighted by atomic mass is 10.1. The summed E-state index contributed by atoms with van der Waals surface area (Å²) in [5.74, 6) is -0.444. The van der Waals surface area contributed by atoms with E-state index in [-0.39, 0.29) is 5.57 Å². The first-order chi connectivity index (χ1) is 15.8. The Morgan fingerprint density at radius 1 is 1.06 bits per heavy atom. The minimum Gasteiger partial charge on any atom is -0.342 e. The zero-order valence-electron chi connectivity index (χ0n) is 18.2. The van der Waals surface area contributed by atoms with Crippen molar-refractivity contribution in [1.29, 1.82) is 5.26 Å². The van der Waals surface area contributed by atoms with E-state index >= 15 is 0 Å². The average Bonchev–Trinajstić information content (AvgIpc) is 3.10. The van der Waals surface area contributed by atoms with E-state index in [0.717, 1.165) is 33.2 Å². The second kappa shape index (κ2) is 9.54. The van der Waals surface area contributed by atoms with Crippen molar-refractivity contribution < 1.29 is 4.79 Å². The molecule has 0 spiro atoms. The van der Waals surface area contributed by atoms with Crippen molar-refractivity contribution in [3.8, 4) is 6.07 Å². The van der Waals surface area contributed by atoms with Gasteiger partial charge in [0.25, 0.3) is 5.91 Å². The number of hydrogen-bond donors (Lipinski definition) is 1. The number of nitriles is 1. The molecule has 0 atom stereocenters. The van der Waals surface area contributed by atoms with Crippen LogP contribution in [0.1, 0.15) is 22.3 Å². The number of halogens is 2. The molecule has 4 nitrogen and oxygen atoms in total. The van der Waals surface area contributed by atoms with Crippen molar-refractivity contribution in [2.45, 2.75) is 20.4 Å². The molecule has 0 unspecified atom stereocenters. The molecule has 1 heterocycles. The number of carbonyl (C=O) groups is 1. The van der Waals surface area contributed by atoms with Crippen LogP contribution in [0.5, 0.6) is 0 Å². The number of rotatable bonds is 5. The van der Waals surface area contributed by atoms with Crippen LogP contribution in [0.4, 0.5) is 5.69 Å². The SMILES string of the molecule is Cc1cc(C)cc(NC(=O)/C(C#N)=C/c2cn(Cc3ccc(Cl)cc3Cl)c3ccccc23)c1. The fourth-order valence-electron chi connectivity index (χ4n) is 3.90. The Labute approximate surface area is 202 Å². The molecule has 1 N–H and O–H groups in total. The van der Waals surface area contributed by atoms with Crippen LogP contribution in [-0.2, 0) is 11.3 Å². The summed E-state index contributed by atoms with van der Waals surface area (Å²) >= 11 is 12.4. The van der Waals surface area contributed by atoms with Gasteiger partial charge in [0, 0.05) is 44.9 Å². The fraction of sp³-hybridized carbons (Fsp3) is 0.111. The zero-order valence-corrected chi connectivity index (χ0v) is 19.7. The van der Waals surface area contributed by atoms with E-state index in [2.05, 4.69) is 5.32 Å². The van der Waals surface area contributed by atoms with Gasteiger partial charge in [0.1, 0.15) is 11.6 Å². The normalized spacial score (nSPS) is 11.4. The molecule has 4 aromatic rings. The van der Waals surface area contributed by atoms with E-state index in [4.69, 9.17) is 23.2 Å². The first-order valence-corrected chi connectivity index (χ1v) is 11.1. The van der Waals surface area contributed by atoms with Gasteiger partial charge < -0.3 is 9.88 Å². The Hall–Kier alpha value is -3.52. The van der Waals surface area contributed by atoms with Gasteiger partial charge in [-0.1, -0.05) is 53.5 Å². The molecule has 4 rings (SSSR count). The molecule has 0 radical (unpaired) electrons. The summed E-state index contributed by atoms with van der Waals surface area (Å²) in [5.41, 5.74) is 5.45. The zero-order chi connectivity index (χ0) is 23.5. The lowest BCUT2D eigenvalue weighted by molar-refractivity contribution is -0.112. The number of fused-ring (bicyclic) bond motifs is 1. The highest BCUT2D eigenvalue weighted by Gasteiger charge is 2.14. The summed E-state index contributed by atoms with van der Waals surface area (Å²) < 4.78 is 2.05. The fourth-order valence-corrected chi connectivity index (χ4v) is 4.37. The number of carbonyl (C=O) groups excluding carboxylic acids is 1. The van der Waals surface area contributed by atoms with Crippen LogP contribution in [0.15, 0.2) is 72.4 Å². The van der Waals surface area contributed by atoms with Gasteiger partial charge in [-0.3, -0.25) is 4.79 Å². The number of para-hydroxylation sites is 1. The highest BCUT2D eigenvalue weighted by molar-refractivity contribution is 6.35. The van der Waals surface area contributed by atoms with Gasteiger partial charge in [-0.05, 0) is 66.9 Å². The van der Waals surface area contributed by atoms with Crippen molar-refractivity contribution in [3.05, 3.63) is 105 Å². The van der Waals surface area contributed by atoms with Crippen molar-refractivity contribution >= 4 is 51.8 Å². The van der Waals surface area contributed by atoms with E-state index in [9.17, 15) is 10.1 Å². The van der Waals surface area contributed by atoms with Gasteiger partial charge in [0.2, 0.25) is 0 Å². The molecule has 6 heteroatoms. The third-order valence-corrected chi connectivity index (χ3v) is 5.91. The van der Waals surface area contributed by atoms with Gasteiger partial charge >= 0.3 is 0 Å². The molecule has 0 aliphatic carbocycles. The summed E-state index contributed by atoms with van der Waals surface area (Å²) in [6, 6.07) is 21.1. The molecule has 3 aromatic carbocycles. The lowest BCUT2D eigenvalue weighted by Crippen LogP contribution is -2.13. The van der Waals surface area contributed by atoms with Crippen LogP contribution in [-0.4, -0.2) is 10.5 Å². The van der Waals surface area contributed by atoms with E-state index < -0.39 is 5.91 Å². The molecule has 0 fully saturated rings.